The largest absolute Gasteiger partial charge is 0.458 e. The SMILES string of the molecule is C/C(=C\c1csc(C)n1)C1CC2C(C)(C)OC2(C)CCCC(C)C(OP)C(C)C(=O)C(C)(C)C(OP)CC(=O)O1. The van der Waals surface area contributed by atoms with Crippen LogP contribution < -0.4 is 0 Å². The average Bonchev–Trinajstić information content (AvgIpc) is 3.27. The van der Waals surface area contributed by atoms with Gasteiger partial charge in [0, 0.05) is 36.1 Å². The molecule has 9 atom stereocenters. The zero-order chi connectivity index (χ0) is 30.0. The van der Waals surface area contributed by atoms with Crippen molar-refractivity contribution in [3.8, 4) is 0 Å². The molecule has 10 heteroatoms. The fourth-order valence-corrected chi connectivity index (χ4v) is 8.41. The molecular formula is C30H49NO6P2S. The van der Waals surface area contributed by atoms with Gasteiger partial charge in [0.2, 0.25) is 0 Å². The van der Waals surface area contributed by atoms with Crippen LogP contribution in [0.15, 0.2) is 11.0 Å². The van der Waals surface area contributed by atoms with Crippen LogP contribution in [0.25, 0.3) is 6.08 Å². The average molecular weight is 614 g/mol. The highest BCUT2D eigenvalue weighted by Gasteiger charge is 2.57. The first kappa shape index (κ1) is 33.7. The molecule has 40 heavy (non-hydrogen) atoms. The molecule has 0 bridgehead atoms. The number of carbonyl (C=O) groups excluding carboxylic acids is 2. The molecule has 0 N–H and O–H groups in total. The first-order valence-corrected chi connectivity index (χ1v) is 16.1. The highest BCUT2D eigenvalue weighted by Crippen LogP contribution is 2.53. The summed E-state index contributed by atoms with van der Waals surface area (Å²) in [5, 5.41) is 3.00. The molecule has 1 aromatic rings. The van der Waals surface area contributed by atoms with Crippen LogP contribution in [0.4, 0.5) is 0 Å². The second-order valence-corrected chi connectivity index (χ2v) is 14.7. The summed E-state index contributed by atoms with van der Waals surface area (Å²) in [6.45, 7) is 18.1. The van der Waals surface area contributed by atoms with E-state index in [4.69, 9.17) is 18.5 Å². The number of carbonyl (C=O) groups is 2. The number of hydrogen-bond acceptors (Lipinski definition) is 8. The Balaban J connectivity index is 2.00. The van der Waals surface area contributed by atoms with Gasteiger partial charge in [-0.2, -0.15) is 0 Å². The second-order valence-electron chi connectivity index (χ2n) is 13.1. The van der Waals surface area contributed by atoms with Crippen molar-refractivity contribution in [3.63, 3.8) is 0 Å². The molecule has 7 nitrogen and oxygen atoms in total. The lowest BCUT2D eigenvalue weighted by Crippen LogP contribution is -2.65. The Labute approximate surface area is 249 Å². The van der Waals surface area contributed by atoms with Gasteiger partial charge in [0.15, 0.2) is 0 Å². The normalized spacial score (nSPS) is 35.9. The third kappa shape index (κ3) is 7.41. The van der Waals surface area contributed by atoms with E-state index in [1.165, 1.54) is 0 Å². The summed E-state index contributed by atoms with van der Waals surface area (Å²) in [6, 6.07) is 0. The molecule has 2 saturated heterocycles. The number of Topliss-reactive ketones (excluding diaryl/α,β-unsaturated/α-hetero) is 1. The van der Waals surface area contributed by atoms with E-state index >= 15 is 0 Å². The zero-order valence-electron chi connectivity index (χ0n) is 25.6. The number of cyclic esters (lactones) is 1. The van der Waals surface area contributed by atoms with E-state index in [-0.39, 0.29) is 47.3 Å². The number of aromatic nitrogens is 1. The Hall–Kier alpha value is -0.750. The summed E-state index contributed by atoms with van der Waals surface area (Å²) in [5.41, 5.74) is 0.190. The monoisotopic (exact) mass is 613 g/mol. The van der Waals surface area contributed by atoms with E-state index in [9.17, 15) is 9.59 Å². The quantitative estimate of drug-likeness (QED) is 0.264. The molecule has 226 valence electrons. The third-order valence-corrected chi connectivity index (χ3v) is 10.7. The number of ketones is 1. The Morgan fingerprint density at radius 1 is 1.15 bits per heavy atom. The lowest BCUT2D eigenvalue weighted by molar-refractivity contribution is -0.310. The summed E-state index contributed by atoms with van der Waals surface area (Å²) in [5.74, 6) is -0.430. The smallest absolute Gasteiger partial charge is 0.309 e. The van der Waals surface area contributed by atoms with E-state index < -0.39 is 23.6 Å². The van der Waals surface area contributed by atoms with Crippen molar-refractivity contribution in [2.75, 3.05) is 0 Å². The molecule has 2 fully saturated rings. The Morgan fingerprint density at radius 2 is 1.82 bits per heavy atom. The number of fused-ring (bicyclic) bond motifs is 1. The molecule has 0 amide bonds. The maximum absolute atomic E-state index is 13.8. The van der Waals surface area contributed by atoms with Gasteiger partial charge in [0.1, 0.15) is 11.9 Å². The van der Waals surface area contributed by atoms with E-state index in [1.807, 2.05) is 46.1 Å². The van der Waals surface area contributed by atoms with Crippen molar-refractivity contribution in [1.82, 2.24) is 4.98 Å². The van der Waals surface area contributed by atoms with Crippen molar-refractivity contribution in [1.29, 1.82) is 0 Å². The lowest BCUT2D eigenvalue weighted by atomic mass is 9.65. The van der Waals surface area contributed by atoms with Crippen molar-refractivity contribution in [2.45, 2.75) is 124 Å². The van der Waals surface area contributed by atoms with Crippen LogP contribution in [-0.4, -0.2) is 46.3 Å². The van der Waals surface area contributed by atoms with Gasteiger partial charge < -0.3 is 18.5 Å². The molecule has 0 aromatic carbocycles. The number of esters is 1. The first-order valence-electron chi connectivity index (χ1n) is 14.3. The van der Waals surface area contributed by atoms with Gasteiger partial charge in [-0.25, -0.2) is 4.98 Å². The van der Waals surface area contributed by atoms with Crippen LogP contribution in [0.2, 0.25) is 0 Å². The number of rotatable bonds is 4. The van der Waals surface area contributed by atoms with Gasteiger partial charge in [0.25, 0.3) is 0 Å². The maximum atomic E-state index is 13.8. The Kier molecular flexibility index (Phi) is 11.2. The summed E-state index contributed by atoms with van der Waals surface area (Å²) < 4.78 is 24.2. The Bertz CT molecular complexity index is 1090. The highest BCUT2D eigenvalue weighted by atomic mass is 32.1. The van der Waals surface area contributed by atoms with Crippen LogP contribution >= 0.6 is 30.3 Å². The van der Waals surface area contributed by atoms with Crippen molar-refractivity contribution >= 4 is 48.1 Å². The fraction of sp³-hybridized carbons (Fsp3) is 0.767. The summed E-state index contributed by atoms with van der Waals surface area (Å²) in [7, 11) is 4.59. The number of ether oxygens (including phenoxy) is 2. The molecule has 0 saturated carbocycles. The molecule has 9 unspecified atom stereocenters. The van der Waals surface area contributed by atoms with E-state index in [0.717, 1.165) is 35.5 Å². The number of hydrogen-bond donors (Lipinski definition) is 0. The molecule has 2 aliphatic heterocycles. The van der Waals surface area contributed by atoms with Crippen LogP contribution in [0, 0.1) is 30.1 Å². The van der Waals surface area contributed by atoms with Gasteiger partial charge in [-0.1, -0.05) is 34.1 Å². The molecular weight excluding hydrogens is 564 g/mol. The summed E-state index contributed by atoms with van der Waals surface area (Å²) >= 11 is 1.59. The van der Waals surface area contributed by atoms with Crippen molar-refractivity contribution in [2.24, 2.45) is 23.2 Å². The van der Waals surface area contributed by atoms with Crippen LogP contribution in [0.3, 0.4) is 0 Å². The summed E-state index contributed by atoms with van der Waals surface area (Å²) in [6.07, 6.45) is 3.93. The standard InChI is InChI=1S/C30H49NO6P2S/c1-17-11-10-12-30(9)23(29(7,8)37-30)14-22(18(2)13-21-16-40-20(4)31-21)34-25(32)15-24(35-38)28(5,6)27(33)19(3)26(17)36-39/h13,16-17,19,22-24,26H,10-12,14-15,38-39H2,1-9H3/b18-13+. The van der Waals surface area contributed by atoms with Gasteiger partial charge in [-0.15, -0.1) is 11.3 Å². The van der Waals surface area contributed by atoms with Crippen molar-refractivity contribution < 1.29 is 28.1 Å². The van der Waals surface area contributed by atoms with Gasteiger partial charge in [-0.3, -0.25) is 9.59 Å². The minimum atomic E-state index is -0.931. The number of thiazole rings is 1. The fourth-order valence-electron chi connectivity index (χ4n) is 6.90. The van der Waals surface area contributed by atoms with E-state index in [0.29, 0.717) is 6.42 Å². The first-order chi connectivity index (χ1) is 18.6. The lowest BCUT2D eigenvalue weighted by Gasteiger charge is -2.60. The molecule has 0 radical (unpaired) electrons. The van der Waals surface area contributed by atoms with Crippen molar-refractivity contribution in [3.05, 3.63) is 21.7 Å². The number of nitrogens with zero attached hydrogens (tertiary/aromatic N) is 1. The topological polar surface area (TPSA) is 84.0 Å². The van der Waals surface area contributed by atoms with Crippen LogP contribution in [-0.2, 0) is 28.1 Å². The molecule has 0 aliphatic carbocycles. The van der Waals surface area contributed by atoms with Gasteiger partial charge >= 0.3 is 5.97 Å². The minimum absolute atomic E-state index is 0.00164. The second kappa shape index (κ2) is 13.3. The summed E-state index contributed by atoms with van der Waals surface area (Å²) in [4.78, 5) is 31.9. The molecule has 3 rings (SSSR count). The van der Waals surface area contributed by atoms with Gasteiger partial charge in [-0.05, 0) is 71.4 Å². The highest BCUT2D eigenvalue weighted by molar-refractivity contribution is 7.10. The van der Waals surface area contributed by atoms with E-state index in [2.05, 4.69) is 51.6 Å². The van der Waals surface area contributed by atoms with Crippen LogP contribution in [0.1, 0.15) is 98.2 Å². The van der Waals surface area contributed by atoms with Crippen LogP contribution in [0.5, 0.6) is 0 Å². The molecule has 3 heterocycles. The minimum Gasteiger partial charge on any atom is -0.458 e. The zero-order valence-corrected chi connectivity index (χ0v) is 28.7. The molecule has 1 aromatic heterocycles. The Morgan fingerprint density at radius 3 is 2.38 bits per heavy atom. The molecule has 0 spiro atoms. The van der Waals surface area contributed by atoms with E-state index in [1.54, 1.807) is 11.3 Å². The maximum Gasteiger partial charge on any atom is 0.309 e. The molecule has 2 aliphatic rings. The predicted octanol–water partition coefficient (Wildman–Crippen LogP) is 7.13. The third-order valence-electron chi connectivity index (χ3n) is 9.23. The number of aryl methyl sites for hydroxylation is 1. The predicted molar refractivity (Wildman–Crippen MR) is 167 cm³/mol. The van der Waals surface area contributed by atoms with Gasteiger partial charge in [0.05, 0.1) is 45.9 Å².